The maximum Gasteiger partial charge on any atom is 0.283 e. The first-order valence-electron chi connectivity index (χ1n) is 9.21. The molecule has 1 aromatic heterocycles. The highest BCUT2D eigenvalue weighted by molar-refractivity contribution is 7.16. The van der Waals surface area contributed by atoms with E-state index >= 15 is 0 Å². The maximum atomic E-state index is 13.1. The highest BCUT2D eigenvalue weighted by atomic mass is 32.1. The summed E-state index contributed by atoms with van der Waals surface area (Å²) in [4.78, 5) is 18.1. The fourth-order valence-electron chi connectivity index (χ4n) is 3.62. The molecule has 0 saturated heterocycles. The Morgan fingerprint density at radius 2 is 1.90 bits per heavy atom. The van der Waals surface area contributed by atoms with Crippen molar-refractivity contribution in [3.63, 3.8) is 0 Å². The van der Waals surface area contributed by atoms with Crippen LogP contribution in [0.5, 0.6) is 5.75 Å². The first kappa shape index (κ1) is 19.0. The standard InChI is InChI=1S/C24H20N2O2S/c1-5-10-26-22-16(3)11-15(2)12-21(22)29-24(26)25-23(27)19-13-17-8-6-7-9-18(17)14-20(19)28-4/h1,6-9,11-14H,10H2,2-4H3. The van der Waals surface area contributed by atoms with Crippen LogP contribution in [-0.2, 0) is 6.54 Å². The predicted octanol–water partition coefficient (Wildman–Crippen LogP) is 4.86. The molecule has 29 heavy (non-hydrogen) atoms. The molecule has 0 spiro atoms. The van der Waals surface area contributed by atoms with E-state index in [9.17, 15) is 4.79 Å². The maximum absolute atomic E-state index is 13.1. The summed E-state index contributed by atoms with van der Waals surface area (Å²) in [5, 5.41) is 1.97. The Morgan fingerprint density at radius 3 is 2.59 bits per heavy atom. The molecule has 144 valence electrons. The summed E-state index contributed by atoms with van der Waals surface area (Å²) in [5.41, 5.74) is 3.74. The molecule has 4 nitrogen and oxygen atoms in total. The van der Waals surface area contributed by atoms with Gasteiger partial charge in [-0.2, -0.15) is 4.99 Å². The largest absolute Gasteiger partial charge is 0.496 e. The summed E-state index contributed by atoms with van der Waals surface area (Å²) in [6, 6.07) is 15.8. The molecule has 4 rings (SSSR count). The minimum absolute atomic E-state index is 0.348. The molecule has 1 amide bonds. The third-order valence-electron chi connectivity index (χ3n) is 4.86. The summed E-state index contributed by atoms with van der Waals surface area (Å²) >= 11 is 1.47. The van der Waals surface area contributed by atoms with E-state index in [0.29, 0.717) is 22.7 Å². The van der Waals surface area contributed by atoms with Crippen LogP contribution in [0.3, 0.4) is 0 Å². The molecule has 0 saturated carbocycles. The number of terminal acetylenes is 1. The van der Waals surface area contributed by atoms with Gasteiger partial charge in [-0.05, 0) is 53.9 Å². The zero-order chi connectivity index (χ0) is 20.5. The number of amides is 1. The van der Waals surface area contributed by atoms with Crippen molar-refractivity contribution >= 4 is 38.2 Å². The minimum Gasteiger partial charge on any atom is -0.496 e. The SMILES string of the molecule is C#CCn1c(=NC(=O)c2cc3ccccc3cc2OC)sc2cc(C)cc(C)c21. The Bertz CT molecular complexity index is 1370. The highest BCUT2D eigenvalue weighted by Gasteiger charge is 2.15. The zero-order valence-electron chi connectivity index (χ0n) is 16.5. The second-order valence-electron chi connectivity index (χ2n) is 6.92. The van der Waals surface area contributed by atoms with E-state index in [1.165, 1.54) is 11.3 Å². The van der Waals surface area contributed by atoms with Crippen molar-refractivity contribution in [3.05, 3.63) is 70.0 Å². The van der Waals surface area contributed by atoms with Crippen molar-refractivity contribution < 1.29 is 9.53 Å². The second-order valence-corrected chi connectivity index (χ2v) is 7.93. The van der Waals surface area contributed by atoms with Gasteiger partial charge in [-0.15, -0.1) is 6.42 Å². The first-order chi connectivity index (χ1) is 14.0. The molecule has 1 heterocycles. The number of aryl methyl sites for hydroxylation is 2. The van der Waals surface area contributed by atoms with E-state index < -0.39 is 0 Å². The average molecular weight is 401 g/mol. The quantitative estimate of drug-likeness (QED) is 0.461. The second kappa shape index (κ2) is 7.57. The Balaban J connectivity index is 1.93. The van der Waals surface area contributed by atoms with E-state index in [1.807, 2.05) is 47.9 Å². The highest BCUT2D eigenvalue weighted by Crippen LogP contribution is 2.27. The van der Waals surface area contributed by atoms with Crippen LogP contribution in [0.1, 0.15) is 21.5 Å². The molecule has 5 heteroatoms. The molecule has 4 aromatic rings. The number of methoxy groups -OCH3 is 1. The van der Waals surface area contributed by atoms with Crippen LogP contribution in [0.25, 0.3) is 21.0 Å². The molecule has 0 aliphatic carbocycles. The van der Waals surface area contributed by atoms with Crippen LogP contribution in [0.15, 0.2) is 53.5 Å². The van der Waals surface area contributed by atoms with E-state index in [1.54, 1.807) is 7.11 Å². The van der Waals surface area contributed by atoms with Crippen LogP contribution in [-0.4, -0.2) is 17.6 Å². The predicted molar refractivity (Wildman–Crippen MR) is 119 cm³/mol. The van der Waals surface area contributed by atoms with Gasteiger partial charge in [-0.25, -0.2) is 0 Å². The van der Waals surface area contributed by atoms with Gasteiger partial charge in [0.25, 0.3) is 5.91 Å². The Hall–Kier alpha value is -3.36. The number of carbonyl (C=O) groups excluding carboxylic acids is 1. The van der Waals surface area contributed by atoms with Gasteiger partial charge >= 0.3 is 0 Å². The van der Waals surface area contributed by atoms with E-state index in [4.69, 9.17) is 11.2 Å². The molecule has 0 aliphatic heterocycles. The van der Waals surface area contributed by atoms with Crippen LogP contribution in [0.4, 0.5) is 0 Å². The van der Waals surface area contributed by atoms with Gasteiger partial charge in [0.1, 0.15) is 5.75 Å². The number of aromatic nitrogens is 1. The Kier molecular flexibility index (Phi) is 4.96. The molecule has 0 fully saturated rings. The van der Waals surface area contributed by atoms with Crippen molar-refractivity contribution in [2.24, 2.45) is 4.99 Å². The molecule has 0 bridgehead atoms. The van der Waals surface area contributed by atoms with E-state index in [2.05, 4.69) is 30.0 Å². The average Bonchev–Trinajstić information content (AvgIpc) is 3.04. The van der Waals surface area contributed by atoms with Crippen molar-refractivity contribution in [2.75, 3.05) is 7.11 Å². The minimum atomic E-state index is -0.348. The molecular weight excluding hydrogens is 380 g/mol. The topological polar surface area (TPSA) is 43.6 Å². The summed E-state index contributed by atoms with van der Waals surface area (Å²) in [6.45, 7) is 4.46. The lowest BCUT2D eigenvalue weighted by Gasteiger charge is -2.08. The fraction of sp³-hybridized carbons (Fsp3) is 0.167. The normalized spacial score (nSPS) is 11.7. The third kappa shape index (κ3) is 3.43. The lowest BCUT2D eigenvalue weighted by molar-refractivity contribution is 0.0995. The molecule has 0 atom stereocenters. The number of thiazole rings is 1. The molecule has 0 unspecified atom stereocenters. The number of rotatable bonds is 3. The van der Waals surface area contributed by atoms with Crippen molar-refractivity contribution in [1.82, 2.24) is 4.57 Å². The van der Waals surface area contributed by atoms with E-state index in [0.717, 1.165) is 32.1 Å². The van der Waals surface area contributed by atoms with Crippen LogP contribution in [0, 0.1) is 26.2 Å². The van der Waals surface area contributed by atoms with Crippen LogP contribution < -0.4 is 9.54 Å². The Labute approximate surface area is 173 Å². The number of ether oxygens (including phenoxy) is 1. The van der Waals surface area contributed by atoms with Gasteiger partial charge < -0.3 is 9.30 Å². The number of benzene rings is 3. The van der Waals surface area contributed by atoms with Gasteiger partial charge in [-0.3, -0.25) is 4.79 Å². The summed E-state index contributed by atoms with van der Waals surface area (Å²) in [7, 11) is 1.56. The lowest BCUT2D eigenvalue weighted by atomic mass is 10.1. The number of carbonyl (C=O) groups is 1. The number of hydrogen-bond donors (Lipinski definition) is 0. The van der Waals surface area contributed by atoms with Gasteiger partial charge in [0.2, 0.25) is 0 Å². The van der Waals surface area contributed by atoms with Crippen LogP contribution in [0.2, 0.25) is 0 Å². The number of nitrogens with zero attached hydrogens (tertiary/aromatic N) is 2. The fourth-order valence-corrected chi connectivity index (χ4v) is 4.82. The van der Waals surface area contributed by atoms with Crippen molar-refractivity contribution in [2.45, 2.75) is 20.4 Å². The summed E-state index contributed by atoms with van der Waals surface area (Å²) in [6.07, 6.45) is 5.60. The van der Waals surface area contributed by atoms with Gasteiger partial charge in [-0.1, -0.05) is 47.6 Å². The molecule has 0 radical (unpaired) electrons. The number of fused-ring (bicyclic) bond motifs is 2. The monoisotopic (exact) mass is 400 g/mol. The molecule has 0 N–H and O–H groups in total. The van der Waals surface area contributed by atoms with Gasteiger partial charge in [0, 0.05) is 0 Å². The van der Waals surface area contributed by atoms with Gasteiger partial charge in [0.15, 0.2) is 4.80 Å². The molecule has 0 aliphatic rings. The number of hydrogen-bond acceptors (Lipinski definition) is 3. The van der Waals surface area contributed by atoms with Gasteiger partial charge in [0.05, 0.1) is 29.4 Å². The van der Waals surface area contributed by atoms with E-state index in [-0.39, 0.29) is 5.91 Å². The summed E-state index contributed by atoms with van der Waals surface area (Å²) in [5.74, 6) is 2.84. The summed E-state index contributed by atoms with van der Waals surface area (Å²) < 4.78 is 8.46. The smallest absolute Gasteiger partial charge is 0.283 e. The zero-order valence-corrected chi connectivity index (χ0v) is 17.3. The molecule has 3 aromatic carbocycles. The first-order valence-corrected chi connectivity index (χ1v) is 10.0. The van der Waals surface area contributed by atoms with Crippen molar-refractivity contribution in [1.29, 1.82) is 0 Å². The lowest BCUT2D eigenvalue weighted by Crippen LogP contribution is -2.17. The van der Waals surface area contributed by atoms with Crippen LogP contribution >= 0.6 is 11.3 Å². The van der Waals surface area contributed by atoms with Crippen molar-refractivity contribution in [3.8, 4) is 18.1 Å². The molecular formula is C24H20N2O2S. The third-order valence-corrected chi connectivity index (χ3v) is 5.88. The Morgan fingerprint density at radius 1 is 1.17 bits per heavy atom.